The molecule has 0 unspecified atom stereocenters. The van der Waals surface area contributed by atoms with Crippen LogP contribution >= 0.6 is 15.9 Å². The Hall–Kier alpha value is -3.89. The van der Waals surface area contributed by atoms with Crippen molar-refractivity contribution >= 4 is 33.7 Å². The van der Waals surface area contributed by atoms with Crippen LogP contribution in [0.4, 0.5) is 0 Å². The first kappa shape index (κ1) is 33.0. The quantitative estimate of drug-likeness (QED) is 0.172. The highest BCUT2D eigenvalue weighted by Crippen LogP contribution is 2.45. The van der Waals surface area contributed by atoms with E-state index in [1.54, 1.807) is 52.1 Å². The maximum absolute atomic E-state index is 14.4. The molecule has 1 amide bonds. The van der Waals surface area contributed by atoms with Gasteiger partial charge in [0.2, 0.25) is 5.90 Å². The number of nitrogens with zero attached hydrogens (tertiary/aromatic N) is 1. The summed E-state index contributed by atoms with van der Waals surface area (Å²) in [6.45, 7) is 6.02. The Morgan fingerprint density at radius 1 is 1.05 bits per heavy atom. The smallest absolute Gasteiger partial charge is 0.306 e. The second-order valence-electron chi connectivity index (χ2n) is 11.4. The zero-order valence-corrected chi connectivity index (χ0v) is 27.1. The van der Waals surface area contributed by atoms with E-state index in [0.29, 0.717) is 35.7 Å². The van der Waals surface area contributed by atoms with Gasteiger partial charge in [-0.3, -0.25) is 9.59 Å². The lowest BCUT2D eigenvalue weighted by Gasteiger charge is -2.31. The fourth-order valence-electron chi connectivity index (χ4n) is 4.90. The van der Waals surface area contributed by atoms with E-state index >= 15 is 0 Å². The van der Waals surface area contributed by atoms with Crippen molar-refractivity contribution in [1.82, 2.24) is 5.32 Å². The average molecular weight is 668 g/mol. The monoisotopic (exact) mass is 666 g/mol. The standard InChI is InChI=1S/C34H39BrN2O7/c1-33(2,3)44-29(39)18-19-34(32(40)36-22-24-10-5-8-13-28(24)41-4)30(26-11-6-7-12-27(26)35)43-31(37-34)23-14-16-25(17-15-23)42-21-9-20-38/h5-8,10-17,30,38H,9,18-22H2,1-4H3,(H,36,40)/t30-,34-/m1/s1. The topological polar surface area (TPSA) is 116 Å². The van der Waals surface area contributed by atoms with Gasteiger partial charge in [-0.05, 0) is 63.6 Å². The SMILES string of the molecule is COc1ccccc1CNC(=O)[C@]1(CCC(=O)OC(C)(C)C)N=C(c2ccc(OCCCO)cc2)O[C@@H]1c1ccccc1Br. The fourth-order valence-corrected chi connectivity index (χ4v) is 5.39. The van der Waals surface area contributed by atoms with Crippen LogP contribution < -0.4 is 14.8 Å². The van der Waals surface area contributed by atoms with Gasteiger partial charge in [-0.25, -0.2) is 4.99 Å². The summed E-state index contributed by atoms with van der Waals surface area (Å²) < 4.78 is 24.0. The lowest BCUT2D eigenvalue weighted by Crippen LogP contribution is -2.48. The second-order valence-corrected chi connectivity index (χ2v) is 12.2. The third kappa shape index (κ3) is 8.18. The Bertz CT molecular complexity index is 1470. The molecule has 0 spiro atoms. The highest BCUT2D eigenvalue weighted by Gasteiger charge is 2.53. The lowest BCUT2D eigenvalue weighted by atomic mass is 9.83. The number of rotatable bonds is 13. The first-order chi connectivity index (χ1) is 21.1. The van der Waals surface area contributed by atoms with E-state index in [-0.39, 0.29) is 31.9 Å². The van der Waals surface area contributed by atoms with E-state index < -0.39 is 29.1 Å². The molecule has 0 fully saturated rings. The van der Waals surface area contributed by atoms with Gasteiger partial charge >= 0.3 is 5.97 Å². The van der Waals surface area contributed by atoms with Crippen LogP contribution in [-0.4, -0.2) is 54.3 Å². The number of amides is 1. The van der Waals surface area contributed by atoms with Gasteiger partial charge in [0.15, 0.2) is 11.6 Å². The van der Waals surface area contributed by atoms with E-state index in [9.17, 15) is 9.59 Å². The minimum absolute atomic E-state index is 0.0392. The van der Waals surface area contributed by atoms with Crippen molar-refractivity contribution in [1.29, 1.82) is 0 Å². The van der Waals surface area contributed by atoms with E-state index in [1.807, 2.05) is 48.5 Å². The summed E-state index contributed by atoms with van der Waals surface area (Å²) in [6, 6.07) is 22.1. The minimum Gasteiger partial charge on any atom is -0.496 e. The maximum atomic E-state index is 14.4. The van der Waals surface area contributed by atoms with Gasteiger partial charge in [0.1, 0.15) is 17.1 Å². The first-order valence-corrected chi connectivity index (χ1v) is 15.3. The number of aliphatic imine (C=N–C) groups is 1. The highest BCUT2D eigenvalue weighted by atomic mass is 79.9. The van der Waals surface area contributed by atoms with Crippen molar-refractivity contribution in [2.75, 3.05) is 20.3 Å². The Balaban J connectivity index is 1.74. The largest absolute Gasteiger partial charge is 0.496 e. The second kappa shape index (κ2) is 14.7. The summed E-state index contributed by atoms with van der Waals surface area (Å²) in [5.41, 5.74) is -0.0306. The van der Waals surface area contributed by atoms with Crippen LogP contribution in [0.15, 0.2) is 82.3 Å². The maximum Gasteiger partial charge on any atom is 0.306 e. The number of para-hydroxylation sites is 1. The number of aliphatic hydroxyl groups is 1. The molecule has 0 radical (unpaired) electrons. The van der Waals surface area contributed by atoms with Gasteiger partial charge in [-0.1, -0.05) is 52.3 Å². The molecule has 10 heteroatoms. The molecule has 1 aliphatic heterocycles. The number of carbonyl (C=O) groups excluding carboxylic acids is 2. The molecule has 2 N–H and O–H groups in total. The molecule has 1 aliphatic rings. The molecule has 1 heterocycles. The predicted molar refractivity (Wildman–Crippen MR) is 171 cm³/mol. The van der Waals surface area contributed by atoms with Crippen LogP contribution in [0.25, 0.3) is 0 Å². The molecule has 44 heavy (non-hydrogen) atoms. The molecule has 0 aromatic heterocycles. The molecule has 3 aromatic rings. The number of ether oxygens (including phenoxy) is 4. The molecule has 9 nitrogen and oxygen atoms in total. The zero-order chi connectivity index (χ0) is 31.7. The summed E-state index contributed by atoms with van der Waals surface area (Å²) in [6.07, 6.45) is -0.348. The summed E-state index contributed by atoms with van der Waals surface area (Å²) in [5, 5.41) is 12.1. The Labute approximate surface area is 266 Å². The van der Waals surface area contributed by atoms with Gasteiger partial charge < -0.3 is 29.4 Å². The van der Waals surface area contributed by atoms with Crippen molar-refractivity contribution in [2.24, 2.45) is 4.99 Å². The number of carbonyl (C=O) groups is 2. The Morgan fingerprint density at radius 3 is 2.43 bits per heavy atom. The molecule has 0 saturated carbocycles. The van der Waals surface area contributed by atoms with Crippen LogP contribution in [0.1, 0.15) is 62.8 Å². The average Bonchev–Trinajstić information content (AvgIpc) is 3.39. The first-order valence-electron chi connectivity index (χ1n) is 14.5. The Morgan fingerprint density at radius 2 is 1.75 bits per heavy atom. The predicted octanol–water partition coefficient (Wildman–Crippen LogP) is 5.91. The third-order valence-corrected chi connectivity index (χ3v) is 7.70. The highest BCUT2D eigenvalue weighted by molar-refractivity contribution is 9.10. The molecule has 0 bridgehead atoms. The molecular formula is C34H39BrN2O7. The van der Waals surface area contributed by atoms with E-state index in [2.05, 4.69) is 21.2 Å². The summed E-state index contributed by atoms with van der Waals surface area (Å²) in [4.78, 5) is 32.3. The van der Waals surface area contributed by atoms with E-state index in [4.69, 9.17) is 29.0 Å². The number of nitrogens with one attached hydrogen (secondary N) is 1. The van der Waals surface area contributed by atoms with Gasteiger partial charge in [-0.2, -0.15) is 0 Å². The zero-order valence-electron chi connectivity index (χ0n) is 25.5. The molecular weight excluding hydrogens is 628 g/mol. The van der Waals surface area contributed by atoms with Crippen molar-refractivity contribution < 1.29 is 33.6 Å². The molecule has 4 rings (SSSR count). The van der Waals surface area contributed by atoms with Crippen LogP contribution in [0.2, 0.25) is 0 Å². The number of halogens is 1. The lowest BCUT2D eigenvalue weighted by molar-refractivity contribution is -0.155. The number of methoxy groups -OCH3 is 1. The van der Waals surface area contributed by atoms with Crippen LogP contribution in [0.3, 0.4) is 0 Å². The normalized spacial score (nSPS) is 17.8. The van der Waals surface area contributed by atoms with Gasteiger partial charge in [0, 0.05) is 47.2 Å². The van der Waals surface area contributed by atoms with Crippen molar-refractivity contribution in [2.45, 2.75) is 63.8 Å². The number of esters is 1. The molecule has 3 aromatic carbocycles. The fraction of sp³-hybridized carbons (Fsp3) is 0.382. The van der Waals surface area contributed by atoms with Crippen molar-refractivity contribution in [3.63, 3.8) is 0 Å². The van der Waals surface area contributed by atoms with Gasteiger partial charge in [0.25, 0.3) is 5.91 Å². The minimum atomic E-state index is -1.51. The number of hydrogen-bond donors (Lipinski definition) is 2. The Kier molecular flexibility index (Phi) is 11.0. The van der Waals surface area contributed by atoms with E-state index in [0.717, 1.165) is 10.0 Å². The number of aliphatic hydroxyl groups excluding tert-OH is 1. The molecule has 2 atom stereocenters. The summed E-state index contributed by atoms with van der Waals surface area (Å²) in [7, 11) is 1.58. The molecule has 0 saturated heterocycles. The molecule has 234 valence electrons. The number of benzene rings is 3. The van der Waals surface area contributed by atoms with Crippen LogP contribution in [0.5, 0.6) is 11.5 Å². The molecule has 0 aliphatic carbocycles. The van der Waals surface area contributed by atoms with Crippen molar-refractivity contribution in [3.8, 4) is 11.5 Å². The van der Waals surface area contributed by atoms with Crippen LogP contribution in [0, 0.1) is 0 Å². The van der Waals surface area contributed by atoms with E-state index in [1.165, 1.54) is 0 Å². The third-order valence-electron chi connectivity index (χ3n) is 6.98. The van der Waals surface area contributed by atoms with Crippen molar-refractivity contribution in [3.05, 3.63) is 94.0 Å². The van der Waals surface area contributed by atoms with Gasteiger partial charge in [0.05, 0.1) is 13.7 Å². The number of hydrogen-bond acceptors (Lipinski definition) is 8. The van der Waals surface area contributed by atoms with Crippen LogP contribution in [-0.2, 0) is 25.6 Å². The summed E-state index contributed by atoms with van der Waals surface area (Å²) >= 11 is 3.63. The van der Waals surface area contributed by atoms with Gasteiger partial charge in [-0.15, -0.1) is 0 Å². The summed E-state index contributed by atoms with van der Waals surface area (Å²) in [5.74, 6) is 0.712.